The summed E-state index contributed by atoms with van der Waals surface area (Å²) < 4.78 is 16.5. The van der Waals surface area contributed by atoms with Crippen LogP contribution >= 0.6 is 0 Å². The highest BCUT2D eigenvalue weighted by molar-refractivity contribution is 5.92. The third-order valence-electron chi connectivity index (χ3n) is 5.62. The lowest BCUT2D eigenvalue weighted by molar-refractivity contribution is 0.0695. The molecule has 2 fully saturated rings. The van der Waals surface area contributed by atoms with Gasteiger partial charge in [0, 0.05) is 43.8 Å². The first-order valence-corrected chi connectivity index (χ1v) is 9.37. The van der Waals surface area contributed by atoms with Crippen molar-refractivity contribution in [3.63, 3.8) is 0 Å². The summed E-state index contributed by atoms with van der Waals surface area (Å²) in [7, 11) is 0. The predicted molar refractivity (Wildman–Crippen MR) is 104 cm³/mol. The smallest absolute Gasteiger partial charge is 0.341 e. The van der Waals surface area contributed by atoms with Crippen molar-refractivity contribution >= 4 is 22.8 Å². The molecule has 3 aromatic rings. The van der Waals surface area contributed by atoms with Crippen LogP contribution < -0.4 is 15.6 Å². The summed E-state index contributed by atoms with van der Waals surface area (Å²) in [5, 5.41) is 12.8. The maximum atomic E-state index is 14.9. The molecule has 0 spiro atoms. The van der Waals surface area contributed by atoms with Gasteiger partial charge in [0.05, 0.1) is 11.9 Å². The van der Waals surface area contributed by atoms with E-state index in [0.717, 1.165) is 24.6 Å². The molecule has 2 unspecified atom stereocenters. The van der Waals surface area contributed by atoms with E-state index in [1.165, 1.54) is 6.20 Å². The number of carbonyl (C=O) groups is 1. The molecule has 2 aliphatic heterocycles. The molecule has 3 aromatic heterocycles. The van der Waals surface area contributed by atoms with Gasteiger partial charge in [-0.25, -0.2) is 14.2 Å². The third-order valence-corrected chi connectivity index (χ3v) is 5.62. The van der Waals surface area contributed by atoms with E-state index < -0.39 is 22.8 Å². The zero-order chi connectivity index (χ0) is 20.1. The average Bonchev–Trinajstić information content (AvgIpc) is 3.34. The van der Waals surface area contributed by atoms with Crippen molar-refractivity contribution in [1.29, 1.82) is 0 Å². The summed E-state index contributed by atoms with van der Waals surface area (Å²) in [6.45, 7) is 1.68. The molecule has 2 bridgehead atoms. The number of aromatic carboxylic acids is 1. The van der Waals surface area contributed by atoms with Crippen LogP contribution in [-0.2, 0) is 6.54 Å². The van der Waals surface area contributed by atoms with E-state index in [1.807, 2.05) is 11.0 Å². The lowest BCUT2D eigenvalue weighted by atomic mass is 10.1. The van der Waals surface area contributed by atoms with Gasteiger partial charge in [-0.15, -0.1) is 0 Å². The maximum absolute atomic E-state index is 14.9. The van der Waals surface area contributed by atoms with Crippen LogP contribution in [0.25, 0.3) is 11.0 Å². The topological polar surface area (TPSA) is 100 Å². The number of carboxylic acid groups (broad SMARTS) is 1. The van der Waals surface area contributed by atoms with Gasteiger partial charge in [0.15, 0.2) is 11.6 Å². The minimum atomic E-state index is -1.36. The van der Waals surface area contributed by atoms with E-state index >= 15 is 0 Å². The SMILES string of the molecule is O=C(O)c1cn(Cc2cccnc2)c2nc(N3CC4CC3CN4)c(F)cc2c1=O. The number of hydrogen-bond donors (Lipinski definition) is 2. The van der Waals surface area contributed by atoms with Crippen molar-refractivity contribution < 1.29 is 14.3 Å². The van der Waals surface area contributed by atoms with Gasteiger partial charge in [0.1, 0.15) is 11.2 Å². The van der Waals surface area contributed by atoms with Crippen LogP contribution in [0.4, 0.5) is 10.2 Å². The van der Waals surface area contributed by atoms with E-state index in [4.69, 9.17) is 0 Å². The molecule has 2 aliphatic rings. The van der Waals surface area contributed by atoms with Gasteiger partial charge in [0.25, 0.3) is 0 Å². The van der Waals surface area contributed by atoms with Crippen molar-refractivity contribution in [3.05, 3.63) is 64.0 Å². The minimum absolute atomic E-state index is 0.0440. The summed E-state index contributed by atoms with van der Waals surface area (Å²) >= 11 is 0. The molecule has 5 rings (SSSR count). The average molecular weight is 395 g/mol. The van der Waals surface area contributed by atoms with Crippen molar-refractivity contribution in [2.24, 2.45) is 0 Å². The quantitative estimate of drug-likeness (QED) is 0.685. The van der Waals surface area contributed by atoms with Crippen molar-refractivity contribution in [2.75, 3.05) is 18.0 Å². The number of rotatable bonds is 4. The highest BCUT2D eigenvalue weighted by atomic mass is 19.1. The van der Waals surface area contributed by atoms with E-state index in [-0.39, 0.29) is 29.4 Å². The number of anilines is 1. The van der Waals surface area contributed by atoms with Crippen LogP contribution in [-0.4, -0.2) is 50.8 Å². The maximum Gasteiger partial charge on any atom is 0.341 e. The van der Waals surface area contributed by atoms with Crippen LogP contribution in [0, 0.1) is 5.82 Å². The zero-order valence-electron chi connectivity index (χ0n) is 15.4. The molecular weight excluding hydrogens is 377 g/mol. The third kappa shape index (κ3) is 2.94. The van der Waals surface area contributed by atoms with Gasteiger partial charge in [-0.05, 0) is 24.1 Å². The summed E-state index contributed by atoms with van der Waals surface area (Å²) in [6, 6.07) is 5.20. The Morgan fingerprint density at radius 1 is 1.41 bits per heavy atom. The molecule has 0 saturated carbocycles. The second-order valence-corrected chi connectivity index (χ2v) is 7.48. The van der Waals surface area contributed by atoms with Crippen LogP contribution in [0.5, 0.6) is 0 Å². The molecule has 2 saturated heterocycles. The summed E-state index contributed by atoms with van der Waals surface area (Å²) in [6.07, 6.45) is 5.49. The second-order valence-electron chi connectivity index (χ2n) is 7.48. The highest BCUT2D eigenvalue weighted by Gasteiger charge is 2.39. The Morgan fingerprint density at radius 3 is 2.93 bits per heavy atom. The van der Waals surface area contributed by atoms with Gasteiger partial charge >= 0.3 is 5.97 Å². The van der Waals surface area contributed by atoms with Crippen LogP contribution in [0.2, 0.25) is 0 Å². The molecule has 0 aromatic carbocycles. The number of nitrogens with one attached hydrogen (secondary N) is 1. The standard InChI is InChI=1S/C20H18FN5O3/c21-16-5-14-17(27)15(20(28)29)10-25(8-11-2-1-3-22-6-11)18(14)24-19(16)26-9-12-4-13(26)7-23-12/h1-3,5-6,10,12-13,23H,4,7-9H2,(H,28,29). The summed E-state index contributed by atoms with van der Waals surface area (Å²) in [5.41, 5.74) is -0.0841. The number of carboxylic acids is 1. The first kappa shape index (κ1) is 17.7. The first-order valence-electron chi connectivity index (χ1n) is 9.37. The van der Waals surface area contributed by atoms with E-state index in [0.29, 0.717) is 12.6 Å². The lowest BCUT2D eigenvalue weighted by Gasteiger charge is -2.29. The number of aromatic nitrogens is 3. The predicted octanol–water partition coefficient (Wildman–Crippen LogP) is 1.23. The zero-order valence-corrected chi connectivity index (χ0v) is 15.4. The van der Waals surface area contributed by atoms with Gasteiger partial charge in [-0.2, -0.15) is 0 Å². The normalized spacial score (nSPS) is 20.5. The Bertz CT molecular complexity index is 1180. The van der Waals surface area contributed by atoms with Gasteiger partial charge in [-0.3, -0.25) is 9.78 Å². The molecule has 0 amide bonds. The second kappa shape index (κ2) is 6.63. The highest BCUT2D eigenvalue weighted by Crippen LogP contribution is 2.31. The molecule has 0 aliphatic carbocycles. The van der Waals surface area contributed by atoms with Gasteiger partial charge in [-0.1, -0.05) is 6.07 Å². The Kier molecular flexibility index (Phi) is 4.06. The molecule has 9 heteroatoms. The molecule has 5 heterocycles. The monoisotopic (exact) mass is 395 g/mol. The summed E-state index contributed by atoms with van der Waals surface area (Å²) in [5.74, 6) is -1.77. The number of hydrogen-bond acceptors (Lipinski definition) is 6. The lowest BCUT2D eigenvalue weighted by Crippen LogP contribution is -2.44. The molecular formula is C20H18FN5O3. The number of pyridine rings is 3. The van der Waals surface area contributed by atoms with E-state index in [1.54, 1.807) is 23.0 Å². The van der Waals surface area contributed by atoms with E-state index in [9.17, 15) is 19.1 Å². The van der Waals surface area contributed by atoms with Crippen LogP contribution in [0.3, 0.4) is 0 Å². The fraction of sp³-hybridized carbons (Fsp3) is 0.300. The fourth-order valence-electron chi connectivity index (χ4n) is 4.26. The Balaban J connectivity index is 1.70. The molecule has 0 radical (unpaired) electrons. The number of nitrogens with zero attached hydrogens (tertiary/aromatic N) is 4. The van der Waals surface area contributed by atoms with Crippen molar-refractivity contribution in [3.8, 4) is 0 Å². The molecule has 8 nitrogen and oxygen atoms in total. The first-order chi connectivity index (χ1) is 14.0. The largest absolute Gasteiger partial charge is 0.477 e. The molecule has 29 heavy (non-hydrogen) atoms. The van der Waals surface area contributed by atoms with Crippen molar-refractivity contribution in [2.45, 2.75) is 25.0 Å². The van der Waals surface area contributed by atoms with E-state index in [2.05, 4.69) is 15.3 Å². The van der Waals surface area contributed by atoms with Gasteiger partial charge in [0.2, 0.25) is 5.43 Å². The number of halogens is 1. The number of piperazine rings is 1. The number of fused-ring (bicyclic) bond motifs is 3. The Hall–Kier alpha value is -3.33. The van der Waals surface area contributed by atoms with Crippen LogP contribution in [0.1, 0.15) is 22.3 Å². The molecule has 2 atom stereocenters. The minimum Gasteiger partial charge on any atom is -0.477 e. The van der Waals surface area contributed by atoms with Crippen LogP contribution in [0.15, 0.2) is 41.6 Å². The summed E-state index contributed by atoms with van der Waals surface area (Å²) in [4.78, 5) is 34.7. The Labute approximate surface area is 164 Å². The molecule has 2 N–H and O–H groups in total. The molecule has 148 valence electrons. The Morgan fingerprint density at radius 2 is 2.28 bits per heavy atom. The fourth-order valence-corrected chi connectivity index (χ4v) is 4.26. The van der Waals surface area contributed by atoms with Gasteiger partial charge < -0.3 is 19.9 Å². The van der Waals surface area contributed by atoms with Crippen molar-refractivity contribution in [1.82, 2.24) is 19.9 Å².